The van der Waals surface area contributed by atoms with Crippen LogP contribution in [0.4, 0.5) is 0 Å². The minimum absolute atomic E-state index is 0.00952. The average molecular weight is 192 g/mol. The van der Waals surface area contributed by atoms with Crippen LogP contribution in [0.2, 0.25) is 0 Å². The highest BCUT2D eigenvalue weighted by Crippen LogP contribution is 2.09. The number of rotatable bonds is 4. The predicted molar refractivity (Wildman–Crippen MR) is 55.0 cm³/mol. The third-order valence-electron chi connectivity index (χ3n) is 2.01. The lowest BCUT2D eigenvalue weighted by Gasteiger charge is -2.16. The van der Waals surface area contributed by atoms with Crippen LogP contribution in [0.15, 0.2) is 0 Å². The Balaban J connectivity index is 4.34. The van der Waals surface area contributed by atoms with Crippen molar-refractivity contribution in [3.8, 4) is 18.4 Å². The van der Waals surface area contributed by atoms with Crippen LogP contribution < -0.4 is 5.32 Å². The summed E-state index contributed by atoms with van der Waals surface area (Å²) in [6.07, 6.45) is 5.88. The fourth-order valence-electron chi connectivity index (χ4n) is 1.03. The van der Waals surface area contributed by atoms with Crippen LogP contribution in [-0.2, 0) is 4.79 Å². The second-order valence-electron chi connectivity index (χ2n) is 3.49. The maximum atomic E-state index is 11.5. The molecule has 0 aromatic heterocycles. The first-order valence-corrected chi connectivity index (χ1v) is 4.72. The van der Waals surface area contributed by atoms with Gasteiger partial charge in [-0.15, -0.1) is 6.42 Å². The fourth-order valence-corrected chi connectivity index (χ4v) is 1.03. The summed E-state index contributed by atoms with van der Waals surface area (Å²) in [5.41, 5.74) is 0. The number of nitrogens with zero attached hydrogens (tertiary/aromatic N) is 1. The molecule has 0 saturated carbocycles. The van der Waals surface area contributed by atoms with Crippen molar-refractivity contribution < 1.29 is 4.79 Å². The van der Waals surface area contributed by atoms with Gasteiger partial charge in [0.2, 0.25) is 5.91 Å². The summed E-state index contributed by atoms with van der Waals surface area (Å²) in [5.74, 6) is 1.58. The molecule has 0 aliphatic carbocycles. The van der Waals surface area contributed by atoms with E-state index in [-0.39, 0.29) is 17.9 Å². The molecule has 3 heteroatoms. The van der Waals surface area contributed by atoms with Crippen molar-refractivity contribution in [2.24, 2.45) is 11.8 Å². The van der Waals surface area contributed by atoms with Crippen LogP contribution in [0.1, 0.15) is 27.2 Å². The monoisotopic (exact) mass is 192 g/mol. The normalized spacial score (nSPS) is 13.9. The van der Waals surface area contributed by atoms with Gasteiger partial charge in [0.25, 0.3) is 0 Å². The topological polar surface area (TPSA) is 52.9 Å². The quantitative estimate of drug-likeness (QED) is 0.683. The predicted octanol–water partition coefficient (Wildman–Crippen LogP) is 1.31. The molecule has 0 aromatic rings. The number of nitriles is 1. The molecule has 0 aromatic carbocycles. The second kappa shape index (κ2) is 6.05. The maximum absolute atomic E-state index is 11.5. The SMILES string of the molecule is C#CC(CC)NC(=O)C(C#N)C(C)C. The molecule has 14 heavy (non-hydrogen) atoms. The van der Waals surface area contributed by atoms with Crippen molar-refractivity contribution in [2.45, 2.75) is 33.2 Å². The lowest BCUT2D eigenvalue weighted by atomic mass is 9.96. The van der Waals surface area contributed by atoms with Crippen molar-refractivity contribution in [1.29, 1.82) is 5.26 Å². The molecule has 0 saturated heterocycles. The fraction of sp³-hybridized carbons (Fsp3) is 0.636. The highest BCUT2D eigenvalue weighted by molar-refractivity contribution is 5.81. The van der Waals surface area contributed by atoms with Crippen LogP contribution in [0.5, 0.6) is 0 Å². The minimum atomic E-state index is -0.614. The van der Waals surface area contributed by atoms with E-state index >= 15 is 0 Å². The molecular formula is C11H16N2O. The Kier molecular flexibility index (Phi) is 5.41. The first-order chi connectivity index (χ1) is 6.56. The van der Waals surface area contributed by atoms with E-state index in [2.05, 4.69) is 11.2 Å². The molecule has 0 aliphatic heterocycles. The summed E-state index contributed by atoms with van der Waals surface area (Å²) in [7, 11) is 0. The number of terminal acetylenes is 1. The van der Waals surface area contributed by atoms with E-state index < -0.39 is 5.92 Å². The van der Waals surface area contributed by atoms with E-state index in [0.717, 1.165) is 0 Å². The molecular weight excluding hydrogens is 176 g/mol. The Bertz CT molecular complexity index is 270. The molecule has 0 fully saturated rings. The van der Waals surface area contributed by atoms with Gasteiger partial charge in [0, 0.05) is 0 Å². The van der Waals surface area contributed by atoms with Gasteiger partial charge in [-0.05, 0) is 12.3 Å². The van der Waals surface area contributed by atoms with Gasteiger partial charge >= 0.3 is 0 Å². The highest BCUT2D eigenvalue weighted by atomic mass is 16.1. The molecule has 0 radical (unpaired) electrons. The van der Waals surface area contributed by atoms with Crippen molar-refractivity contribution in [3.63, 3.8) is 0 Å². The largest absolute Gasteiger partial charge is 0.341 e. The third-order valence-corrected chi connectivity index (χ3v) is 2.01. The van der Waals surface area contributed by atoms with Gasteiger partial charge in [0.1, 0.15) is 5.92 Å². The lowest BCUT2D eigenvalue weighted by Crippen LogP contribution is -2.39. The number of amides is 1. The summed E-state index contributed by atoms with van der Waals surface area (Å²) in [4.78, 5) is 11.5. The van der Waals surface area contributed by atoms with Crippen molar-refractivity contribution in [3.05, 3.63) is 0 Å². The molecule has 76 valence electrons. The average Bonchev–Trinajstić information content (AvgIpc) is 2.14. The summed E-state index contributed by atoms with van der Waals surface area (Å²) in [6.45, 7) is 5.57. The number of hydrogen-bond acceptors (Lipinski definition) is 2. The van der Waals surface area contributed by atoms with Crippen LogP contribution in [0, 0.1) is 35.5 Å². The molecule has 1 amide bonds. The van der Waals surface area contributed by atoms with Crippen molar-refractivity contribution >= 4 is 5.91 Å². The maximum Gasteiger partial charge on any atom is 0.238 e. The molecule has 2 atom stereocenters. The van der Waals surface area contributed by atoms with Crippen molar-refractivity contribution in [1.82, 2.24) is 5.32 Å². The standard InChI is InChI=1S/C11H16N2O/c1-5-9(6-2)13-11(14)10(7-12)8(3)4/h1,8-10H,6H2,2-4H3,(H,13,14). The first-order valence-electron chi connectivity index (χ1n) is 4.72. The summed E-state index contributed by atoms with van der Waals surface area (Å²) in [6, 6.07) is 1.71. The van der Waals surface area contributed by atoms with Gasteiger partial charge in [-0.2, -0.15) is 5.26 Å². The molecule has 0 heterocycles. The molecule has 0 rings (SSSR count). The van der Waals surface area contributed by atoms with Crippen LogP contribution >= 0.6 is 0 Å². The summed E-state index contributed by atoms with van der Waals surface area (Å²) < 4.78 is 0. The Morgan fingerprint density at radius 3 is 2.43 bits per heavy atom. The Hall–Kier alpha value is -1.48. The Morgan fingerprint density at radius 2 is 2.14 bits per heavy atom. The van der Waals surface area contributed by atoms with Crippen LogP contribution in [0.25, 0.3) is 0 Å². The Labute approximate surface area is 85.5 Å². The number of hydrogen-bond donors (Lipinski definition) is 1. The highest BCUT2D eigenvalue weighted by Gasteiger charge is 2.22. The van der Waals surface area contributed by atoms with E-state index in [1.54, 1.807) is 0 Å². The molecule has 3 nitrogen and oxygen atoms in total. The lowest BCUT2D eigenvalue weighted by molar-refractivity contribution is -0.124. The molecule has 2 unspecified atom stereocenters. The number of nitrogens with one attached hydrogen (secondary N) is 1. The molecule has 1 N–H and O–H groups in total. The zero-order chi connectivity index (χ0) is 11.1. The molecule has 0 bridgehead atoms. The number of carbonyl (C=O) groups is 1. The Morgan fingerprint density at radius 1 is 1.57 bits per heavy atom. The summed E-state index contributed by atoms with van der Waals surface area (Å²) >= 11 is 0. The second-order valence-corrected chi connectivity index (χ2v) is 3.49. The van der Waals surface area contributed by atoms with E-state index in [0.29, 0.717) is 6.42 Å². The molecule has 0 aliphatic rings. The smallest absolute Gasteiger partial charge is 0.238 e. The third kappa shape index (κ3) is 3.49. The first kappa shape index (κ1) is 12.5. The number of carbonyl (C=O) groups excluding carboxylic acids is 1. The van der Waals surface area contributed by atoms with Crippen LogP contribution in [-0.4, -0.2) is 11.9 Å². The van der Waals surface area contributed by atoms with Gasteiger partial charge in [-0.3, -0.25) is 4.79 Å². The van der Waals surface area contributed by atoms with Crippen molar-refractivity contribution in [2.75, 3.05) is 0 Å². The van der Waals surface area contributed by atoms with E-state index in [1.165, 1.54) is 0 Å². The van der Waals surface area contributed by atoms with Gasteiger partial charge in [0.05, 0.1) is 12.1 Å². The minimum Gasteiger partial charge on any atom is -0.341 e. The van der Waals surface area contributed by atoms with E-state index in [1.807, 2.05) is 26.8 Å². The zero-order valence-corrected chi connectivity index (χ0v) is 8.87. The van der Waals surface area contributed by atoms with Gasteiger partial charge in [-0.1, -0.05) is 26.7 Å². The van der Waals surface area contributed by atoms with Gasteiger partial charge in [0.15, 0.2) is 0 Å². The van der Waals surface area contributed by atoms with E-state index in [9.17, 15) is 4.79 Å². The van der Waals surface area contributed by atoms with Gasteiger partial charge < -0.3 is 5.32 Å². The van der Waals surface area contributed by atoms with Crippen LogP contribution in [0.3, 0.4) is 0 Å². The zero-order valence-electron chi connectivity index (χ0n) is 8.87. The van der Waals surface area contributed by atoms with E-state index in [4.69, 9.17) is 11.7 Å². The summed E-state index contributed by atoms with van der Waals surface area (Å²) in [5, 5.41) is 11.4. The molecule has 0 spiro atoms. The van der Waals surface area contributed by atoms with Gasteiger partial charge in [-0.25, -0.2) is 0 Å².